The van der Waals surface area contributed by atoms with Crippen molar-refractivity contribution >= 4 is 23.8 Å². The number of carbonyl (C=O) groups excluding carboxylic acids is 4. The van der Waals surface area contributed by atoms with E-state index in [2.05, 4.69) is 5.32 Å². The number of fused-ring (bicyclic) bond motifs is 2. The zero-order chi connectivity index (χ0) is 22.1. The number of esters is 1. The quantitative estimate of drug-likeness (QED) is 0.566. The maximum absolute atomic E-state index is 13.2. The van der Waals surface area contributed by atoms with Gasteiger partial charge in [0.15, 0.2) is 6.61 Å². The van der Waals surface area contributed by atoms with Crippen LogP contribution in [0.5, 0.6) is 0 Å². The summed E-state index contributed by atoms with van der Waals surface area (Å²) in [6.45, 7) is 6.59. The van der Waals surface area contributed by atoms with E-state index in [1.54, 1.807) is 4.90 Å². The summed E-state index contributed by atoms with van der Waals surface area (Å²) in [7, 11) is 0. The third-order valence-corrected chi connectivity index (χ3v) is 5.70. The highest BCUT2D eigenvalue weighted by molar-refractivity contribution is 6.09. The van der Waals surface area contributed by atoms with Crippen molar-refractivity contribution in [3.8, 4) is 0 Å². The van der Waals surface area contributed by atoms with E-state index in [0.717, 1.165) is 28.9 Å². The summed E-state index contributed by atoms with van der Waals surface area (Å²) in [5.41, 5.74) is 0.675. The van der Waals surface area contributed by atoms with Gasteiger partial charge in [-0.15, -0.1) is 0 Å². The van der Waals surface area contributed by atoms with E-state index in [1.807, 2.05) is 52.0 Å². The third kappa shape index (κ3) is 3.91. The van der Waals surface area contributed by atoms with Gasteiger partial charge in [0.25, 0.3) is 11.8 Å². The summed E-state index contributed by atoms with van der Waals surface area (Å²) in [6.07, 6.45) is 2.08. The van der Waals surface area contributed by atoms with Crippen LogP contribution in [0.4, 0.5) is 4.79 Å². The molecule has 1 spiro atoms. The Morgan fingerprint density at radius 2 is 1.83 bits per heavy atom. The van der Waals surface area contributed by atoms with Gasteiger partial charge in [-0.3, -0.25) is 19.3 Å². The number of amides is 4. The Morgan fingerprint density at radius 3 is 2.50 bits per heavy atom. The molecule has 1 aliphatic heterocycles. The molecule has 1 aromatic rings. The molecule has 1 aliphatic carbocycles. The smallest absolute Gasteiger partial charge is 0.326 e. The molecule has 2 aliphatic rings. The molecule has 30 heavy (non-hydrogen) atoms. The van der Waals surface area contributed by atoms with Crippen molar-refractivity contribution in [2.75, 3.05) is 13.2 Å². The van der Waals surface area contributed by atoms with Crippen LogP contribution < -0.4 is 5.32 Å². The van der Waals surface area contributed by atoms with Crippen molar-refractivity contribution in [1.82, 2.24) is 15.1 Å². The van der Waals surface area contributed by atoms with Crippen molar-refractivity contribution in [2.24, 2.45) is 0 Å². The summed E-state index contributed by atoms with van der Waals surface area (Å²) in [5, 5.41) is 2.80. The van der Waals surface area contributed by atoms with Crippen molar-refractivity contribution in [3.05, 3.63) is 35.4 Å². The van der Waals surface area contributed by atoms with Gasteiger partial charge in [0.2, 0.25) is 0 Å². The largest absolute Gasteiger partial charge is 0.454 e. The summed E-state index contributed by atoms with van der Waals surface area (Å²) in [4.78, 5) is 52.9. The molecule has 8 heteroatoms. The zero-order valence-corrected chi connectivity index (χ0v) is 17.9. The van der Waals surface area contributed by atoms with Crippen LogP contribution in [0.1, 0.15) is 51.7 Å². The number of imide groups is 1. The average Bonchev–Trinajstić information content (AvgIpc) is 2.91. The highest BCUT2D eigenvalue weighted by atomic mass is 16.5. The fourth-order valence-corrected chi connectivity index (χ4v) is 4.52. The number of ether oxygens (including phenoxy) is 1. The number of benzene rings is 1. The Labute approximate surface area is 176 Å². The minimum absolute atomic E-state index is 0.0339. The molecule has 1 N–H and O–H groups in total. The molecule has 4 amide bonds. The van der Waals surface area contributed by atoms with Crippen LogP contribution in [0, 0.1) is 0 Å². The van der Waals surface area contributed by atoms with E-state index in [0.29, 0.717) is 6.42 Å². The second-order valence-electron chi connectivity index (χ2n) is 8.39. The SMILES string of the molecule is CC(C)N(C(=O)COC(=O)CN1C(=O)N[C@@]2(CCCc3ccccc32)C1=O)C(C)C. The number of carbonyl (C=O) groups is 4. The van der Waals surface area contributed by atoms with E-state index < -0.39 is 36.6 Å². The number of aryl methyl sites for hydroxylation is 1. The van der Waals surface area contributed by atoms with Crippen molar-refractivity contribution in [1.29, 1.82) is 0 Å². The standard InChI is InChI=1S/C22H29N3O5/c1-14(2)25(15(3)4)18(26)13-30-19(27)12-24-20(28)22(23-21(24)29)11-7-9-16-8-5-6-10-17(16)22/h5-6,8,10,14-15H,7,9,11-13H2,1-4H3,(H,23,29)/t22-/m1/s1. The first-order chi connectivity index (χ1) is 14.2. The second-order valence-corrected chi connectivity index (χ2v) is 8.39. The Morgan fingerprint density at radius 1 is 1.17 bits per heavy atom. The summed E-state index contributed by atoms with van der Waals surface area (Å²) < 4.78 is 5.08. The lowest BCUT2D eigenvalue weighted by Crippen LogP contribution is -2.47. The van der Waals surface area contributed by atoms with Crippen molar-refractivity contribution in [3.63, 3.8) is 0 Å². The van der Waals surface area contributed by atoms with E-state index in [1.165, 1.54) is 0 Å². The van der Waals surface area contributed by atoms with Gasteiger partial charge in [-0.1, -0.05) is 24.3 Å². The molecule has 0 bridgehead atoms. The third-order valence-electron chi connectivity index (χ3n) is 5.70. The number of urea groups is 1. The number of hydrogen-bond donors (Lipinski definition) is 1. The summed E-state index contributed by atoms with van der Waals surface area (Å²) in [5.74, 6) is -1.56. The topological polar surface area (TPSA) is 96.0 Å². The molecule has 0 radical (unpaired) electrons. The lowest BCUT2D eigenvalue weighted by Gasteiger charge is -2.33. The molecular formula is C22H29N3O5. The van der Waals surface area contributed by atoms with Crippen LogP contribution in [0.15, 0.2) is 24.3 Å². The van der Waals surface area contributed by atoms with E-state index >= 15 is 0 Å². The predicted molar refractivity (Wildman–Crippen MR) is 109 cm³/mol. The number of rotatable bonds is 6. The molecule has 1 saturated heterocycles. The van der Waals surface area contributed by atoms with Gasteiger partial charge in [0, 0.05) is 12.1 Å². The van der Waals surface area contributed by atoms with E-state index in [4.69, 9.17) is 4.74 Å². The minimum Gasteiger partial charge on any atom is -0.454 e. The molecule has 0 saturated carbocycles. The molecule has 1 aromatic carbocycles. The molecule has 8 nitrogen and oxygen atoms in total. The number of hydrogen-bond acceptors (Lipinski definition) is 5. The van der Waals surface area contributed by atoms with Crippen LogP contribution in [-0.4, -0.2) is 58.8 Å². The Bertz CT molecular complexity index is 858. The first kappa shape index (κ1) is 21.8. The van der Waals surface area contributed by atoms with Gasteiger partial charge in [0.1, 0.15) is 12.1 Å². The van der Waals surface area contributed by atoms with E-state index in [-0.39, 0.29) is 18.0 Å². The second kappa shape index (κ2) is 8.45. The van der Waals surface area contributed by atoms with Crippen LogP contribution in [0.2, 0.25) is 0 Å². The van der Waals surface area contributed by atoms with Crippen LogP contribution >= 0.6 is 0 Å². The van der Waals surface area contributed by atoms with Gasteiger partial charge in [-0.25, -0.2) is 4.79 Å². The maximum Gasteiger partial charge on any atom is 0.326 e. The lowest BCUT2D eigenvalue weighted by molar-refractivity contribution is -0.155. The van der Waals surface area contributed by atoms with Gasteiger partial charge in [-0.2, -0.15) is 0 Å². The molecular weight excluding hydrogens is 386 g/mol. The number of nitrogens with zero attached hydrogens (tertiary/aromatic N) is 2. The normalized spacial score (nSPS) is 20.5. The summed E-state index contributed by atoms with van der Waals surface area (Å²) in [6, 6.07) is 6.85. The molecule has 0 aromatic heterocycles. The molecule has 1 heterocycles. The zero-order valence-electron chi connectivity index (χ0n) is 17.9. The van der Waals surface area contributed by atoms with Gasteiger partial charge >= 0.3 is 12.0 Å². The molecule has 162 valence electrons. The van der Waals surface area contributed by atoms with Gasteiger partial charge in [-0.05, 0) is 58.1 Å². The first-order valence-corrected chi connectivity index (χ1v) is 10.4. The molecule has 1 fully saturated rings. The highest BCUT2D eigenvalue weighted by Crippen LogP contribution is 2.39. The Balaban J connectivity index is 1.67. The Hall–Kier alpha value is -2.90. The number of nitrogens with one attached hydrogen (secondary N) is 1. The fourth-order valence-electron chi connectivity index (χ4n) is 4.52. The summed E-state index contributed by atoms with van der Waals surface area (Å²) >= 11 is 0. The monoisotopic (exact) mass is 415 g/mol. The lowest BCUT2D eigenvalue weighted by atomic mass is 9.76. The van der Waals surface area contributed by atoms with E-state index in [9.17, 15) is 19.2 Å². The molecule has 1 atom stereocenters. The van der Waals surface area contributed by atoms with Crippen molar-refractivity contribution < 1.29 is 23.9 Å². The minimum atomic E-state index is -1.13. The van der Waals surface area contributed by atoms with Crippen LogP contribution in [-0.2, 0) is 31.1 Å². The van der Waals surface area contributed by atoms with Gasteiger partial charge in [0.05, 0.1) is 0 Å². The maximum atomic E-state index is 13.2. The fraction of sp³-hybridized carbons (Fsp3) is 0.545. The Kier molecular flexibility index (Phi) is 6.14. The van der Waals surface area contributed by atoms with Crippen molar-refractivity contribution in [2.45, 2.75) is 64.6 Å². The van der Waals surface area contributed by atoms with Crippen LogP contribution in [0.3, 0.4) is 0 Å². The average molecular weight is 415 g/mol. The highest BCUT2D eigenvalue weighted by Gasteiger charge is 2.54. The molecule has 0 unspecified atom stereocenters. The van der Waals surface area contributed by atoms with Crippen LogP contribution in [0.25, 0.3) is 0 Å². The van der Waals surface area contributed by atoms with Gasteiger partial charge < -0.3 is 15.0 Å². The molecule has 3 rings (SSSR count). The first-order valence-electron chi connectivity index (χ1n) is 10.4. The predicted octanol–water partition coefficient (Wildman–Crippen LogP) is 1.96.